The van der Waals surface area contributed by atoms with Crippen molar-refractivity contribution in [1.29, 1.82) is 0 Å². The Morgan fingerprint density at radius 1 is 1.07 bits per heavy atom. The van der Waals surface area contributed by atoms with Gasteiger partial charge in [0, 0.05) is 0 Å². The molecule has 2 atom stereocenters. The summed E-state index contributed by atoms with van der Waals surface area (Å²) in [4.78, 5) is 39.0. The van der Waals surface area contributed by atoms with E-state index in [1.54, 1.807) is 11.0 Å². The molecule has 0 saturated heterocycles. The Morgan fingerprint density at radius 3 is 2.43 bits per heavy atom. The Bertz CT molecular complexity index is 914. The summed E-state index contributed by atoms with van der Waals surface area (Å²) < 4.78 is 5.54. The van der Waals surface area contributed by atoms with E-state index in [9.17, 15) is 14.4 Å². The fourth-order valence-electron chi connectivity index (χ4n) is 3.39. The Balaban J connectivity index is 1.64. The van der Waals surface area contributed by atoms with E-state index in [-0.39, 0.29) is 36.9 Å². The molecule has 3 rings (SSSR count). The lowest BCUT2D eigenvalue weighted by atomic mass is 10.0. The van der Waals surface area contributed by atoms with Gasteiger partial charge in [-0.2, -0.15) is 0 Å². The van der Waals surface area contributed by atoms with Crippen molar-refractivity contribution >= 4 is 29.2 Å². The Morgan fingerprint density at radius 2 is 1.73 bits per heavy atom. The minimum atomic E-state index is -0.919. The number of amides is 2. The standard InChI is InChI=1S/C23H27N3O4/c1-15(2)22(23(29)24-16(3)17-9-5-4-6-10-17)30-21(28)14-26-13-20(27)25-18-11-7-8-12-19(18)26/h4-12,15-16,22H,13-14H2,1-3H3,(H,24,29)(H,25,27). The van der Waals surface area contributed by atoms with Crippen molar-refractivity contribution < 1.29 is 19.1 Å². The summed E-state index contributed by atoms with van der Waals surface area (Å²) in [5.41, 5.74) is 2.37. The molecule has 1 aliphatic heterocycles. The van der Waals surface area contributed by atoms with Crippen LogP contribution in [-0.4, -0.2) is 37.0 Å². The molecule has 2 amide bonds. The highest BCUT2D eigenvalue weighted by Crippen LogP contribution is 2.28. The molecule has 0 aliphatic carbocycles. The van der Waals surface area contributed by atoms with Crippen molar-refractivity contribution in [1.82, 2.24) is 5.32 Å². The molecule has 0 bridgehead atoms. The summed E-state index contributed by atoms with van der Waals surface area (Å²) >= 11 is 0. The molecule has 2 unspecified atom stereocenters. The van der Waals surface area contributed by atoms with Gasteiger partial charge in [-0.05, 0) is 30.5 Å². The van der Waals surface area contributed by atoms with Crippen LogP contribution in [0.1, 0.15) is 32.4 Å². The van der Waals surface area contributed by atoms with Crippen LogP contribution in [0, 0.1) is 5.92 Å². The number of hydrogen-bond donors (Lipinski definition) is 2. The number of ether oxygens (including phenoxy) is 1. The minimum absolute atomic E-state index is 0.0513. The summed E-state index contributed by atoms with van der Waals surface area (Å²) in [6.45, 7) is 5.48. The second-order valence-electron chi connectivity index (χ2n) is 7.72. The highest BCUT2D eigenvalue weighted by molar-refractivity contribution is 6.02. The number of hydrogen-bond acceptors (Lipinski definition) is 5. The number of anilines is 2. The van der Waals surface area contributed by atoms with Crippen LogP contribution in [0.4, 0.5) is 11.4 Å². The highest BCUT2D eigenvalue weighted by atomic mass is 16.5. The first kappa shape index (κ1) is 21.4. The van der Waals surface area contributed by atoms with Gasteiger partial charge in [-0.1, -0.05) is 56.3 Å². The Hall–Kier alpha value is -3.35. The summed E-state index contributed by atoms with van der Waals surface area (Å²) in [5.74, 6) is -1.29. The molecule has 0 saturated carbocycles. The molecule has 30 heavy (non-hydrogen) atoms. The van der Waals surface area contributed by atoms with Crippen molar-refractivity contribution in [2.75, 3.05) is 23.3 Å². The van der Waals surface area contributed by atoms with Gasteiger partial charge in [-0.25, -0.2) is 0 Å². The summed E-state index contributed by atoms with van der Waals surface area (Å²) in [5, 5.41) is 5.70. The number of fused-ring (bicyclic) bond motifs is 1. The topological polar surface area (TPSA) is 87.7 Å². The van der Waals surface area contributed by atoms with Gasteiger partial charge in [-0.15, -0.1) is 0 Å². The fourth-order valence-corrected chi connectivity index (χ4v) is 3.39. The number of carbonyl (C=O) groups is 3. The predicted octanol–water partition coefficient (Wildman–Crippen LogP) is 2.89. The zero-order valence-corrected chi connectivity index (χ0v) is 17.4. The number of carbonyl (C=O) groups excluding carboxylic acids is 3. The van der Waals surface area contributed by atoms with Gasteiger partial charge in [0.1, 0.15) is 6.54 Å². The first-order valence-electron chi connectivity index (χ1n) is 10.0. The van der Waals surface area contributed by atoms with Crippen molar-refractivity contribution in [3.8, 4) is 0 Å². The Labute approximate surface area is 176 Å². The molecule has 0 spiro atoms. The smallest absolute Gasteiger partial charge is 0.326 e. The van der Waals surface area contributed by atoms with Crippen LogP contribution in [0.25, 0.3) is 0 Å². The monoisotopic (exact) mass is 409 g/mol. The van der Waals surface area contributed by atoms with Crippen LogP contribution in [0.15, 0.2) is 54.6 Å². The summed E-state index contributed by atoms with van der Waals surface area (Å²) in [6, 6.07) is 16.6. The molecule has 2 aromatic carbocycles. The zero-order chi connectivity index (χ0) is 21.7. The number of nitrogens with one attached hydrogen (secondary N) is 2. The summed E-state index contributed by atoms with van der Waals surface area (Å²) in [7, 11) is 0. The molecular weight excluding hydrogens is 382 g/mol. The molecule has 2 N–H and O–H groups in total. The molecule has 1 heterocycles. The third-order valence-electron chi connectivity index (χ3n) is 4.95. The third kappa shape index (κ3) is 5.17. The van der Waals surface area contributed by atoms with Crippen molar-refractivity contribution in [3.63, 3.8) is 0 Å². The second kappa shape index (κ2) is 9.43. The normalized spacial score (nSPS) is 15.1. The lowest BCUT2D eigenvalue weighted by Gasteiger charge is -2.31. The van der Waals surface area contributed by atoms with Crippen LogP contribution in [0.2, 0.25) is 0 Å². The summed E-state index contributed by atoms with van der Waals surface area (Å²) in [6.07, 6.45) is -0.919. The molecule has 7 nitrogen and oxygen atoms in total. The van der Waals surface area contributed by atoms with Crippen LogP contribution >= 0.6 is 0 Å². The van der Waals surface area contributed by atoms with Crippen LogP contribution in [0.5, 0.6) is 0 Å². The van der Waals surface area contributed by atoms with E-state index in [1.807, 2.05) is 69.3 Å². The first-order valence-corrected chi connectivity index (χ1v) is 10.0. The van der Waals surface area contributed by atoms with Gasteiger partial charge in [0.15, 0.2) is 6.10 Å². The molecule has 0 fully saturated rings. The van der Waals surface area contributed by atoms with E-state index >= 15 is 0 Å². The number of para-hydroxylation sites is 2. The van der Waals surface area contributed by atoms with E-state index < -0.39 is 12.1 Å². The van der Waals surface area contributed by atoms with Crippen molar-refractivity contribution in [2.45, 2.75) is 32.9 Å². The van der Waals surface area contributed by atoms with E-state index in [2.05, 4.69) is 10.6 Å². The number of rotatable bonds is 7. The zero-order valence-electron chi connectivity index (χ0n) is 17.4. The average Bonchev–Trinajstić information content (AvgIpc) is 2.72. The average molecular weight is 409 g/mol. The molecule has 158 valence electrons. The fraction of sp³-hybridized carbons (Fsp3) is 0.348. The van der Waals surface area contributed by atoms with E-state index in [0.717, 1.165) is 11.3 Å². The van der Waals surface area contributed by atoms with Gasteiger partial charge in [0.05, 0.1) is 24.0 Å². The van der Waals surface area contributed by atoms with Crippen molar-refractivity contribution in [3.05, 3.63) is 60.2 Å². The lowest BCUT2D eigenvalue weighted by molar-refractivity contribution is -0.157. The predicted molar refractivity (Wildman–Crippen MR) is 115 cm³/mol. The van der Waals surface area contributed by atoms with E-state index in [0.29, 0.717) is 5.69 Å². The third-order valence-corrected chi connectivity index (χ3v) is 4.95. The van der Waals surface area contributed by atoms with Crippen LogP contribution in [-0.2, 0) is 19.1 Å². The van der Waals surface area contributed by atoms with Gasteiger partial charge < -0.3 is 20.3 Å². The number of benzene rings is 2. The Kier molecular flexibility index (Phi) is 6.72. The first-order chi connectivity index (χ1) is 14.3. The van der Waals surface area contributed by atoms with E-state index in [1.165, 1.54) is 0 Å². The lowest BCUT2D eigenvalue weighted by Crippen LogP contribution is -2.45. The number of nitrogens with zero attached hydrogens (tertiary/aromatic N) is 1. The van der Waals surface area contributed by atoms with Crippen LogP contribution in [0.3, 0.4) is 0 Å². The maximum absolute atomic E-state index is 12.8. The van der Waals surface area contributed by atoms with Gasteiger partial charge in [0.2, 0.25) is 5.91 Å². The highest BCUT2D eigenvalue weighted by Gasteiger charge is 2.30. The quantitative estimate of drug-likeness (QED) is 0.687. The molecule has 2 aromatic rings. The maximum atomic E-state index is 12.8. The largest absolute Gasteiger partial charge is 0.451 e. The molecular formula is C23H27N3O4. The van der Waals surface area contributed by atoms with Gasteiger partial charge in [0.25, 0.3) is 5.91 Å². The number of esters is 1. The van der Waals surface area contributed by atoms with Gasteiger partial charge in [-0.3, -0.25) is 14.4 Å². The van der Waals surface area contributed by atoms with E-state index in [4.69, 9.17) is 4.74 Å². The second-order valence-corrected chi connectivity index (χ2v) is 7.72. The van der Waals surface area contributed by atoms with Crippen molar-refractivity contribution in [2.24, 2.45) is 5.92 Å². The SMILES string of the molecule is CC(NC(=O)C(OC(=O)CN1CC(=O)Nc2ccccc21)C(C)C)c1ccccc1. The molecule has 0 aromatic heterocycles. The molecule has 1 aliphatic rings. The molecule has 0 radical (unpaired) electrons. The molecule has 7 heteroatoms. The van der Waals surface area contributed by atoms with Gasteiger partial charge >= 0.3 is 5.97 Å². The van der Waals surface area contributed by atoms with Crippen LogP contribution < -0.4 is 15.5 Å². The minimum Gasteiger partial charge on any atom is -0.451 e. The maximum Gasteiger partial charge on any atom is 0.326 e.